The molecule has 7 heteroatoms. The third-order valence-corrected chi connectivity index (χ3v) is 1.83. The Bertz CT molecular complexity index is 577. The molecule has 0 saturated heterocycles. The molecule has 90 valence electrons. The predicted octanol–water partition coefficient (Wildman–Crippen LogP) is 1.20. The first-order valence-corrected chi connectivity index (χ1v) is 5.36. The fourth-order valence-corrected chi connectivity index (χ4v) is 1.22. The van der Waals surface area contributed by atoms with Crippen LogP contribution in [0.15, 0.2) is 27.8 Å². The lowest BCUT2D eigenvalue weighted by atomic mass is 10.3. The van der Waals surface area contributed by atoms with E-state index in [-0.39, 0.29) is 11.0 Å². The molecule has 2 aromatic rings. The molecule has 17 heavy (non-hydrogen) atoms. The lowest BCUT2D eigenvalue weighted by Gasteiger charge is -1.97. The van der Waals surface area contributed by atoms with Gasteiger partial charge in [0.2, 0.25) is 0 Å². The Morgan fingerprint density at radius 3 is 2.41 bits per heavy atom. The van der Waals surface area contributed by atoms with Crippen LogP contribution in [0.4, 0.5) is 0 Å². The summed E-state index contributed by atoms with van der Waals surface area (Å²) >= 11 is 5.66. The number of nitrogens with zero attached hydrogens (tertiary/aromatic N) is 2. The van der Waals surface area contributed by atoms with Gasteiger partial charge in [0.1, 0.15) is 10.8 Å². The number of nitrogens with one attached hydrogen (secondary N) is 2. The molecule has 0 bridgehead atoms. The average Bonchev–Trinajstić information content (AvgIpc) is 2.30. The van der Waals surface area contributed by atoms with Crippen molar-refractivity contribution in [3.8, 4) is 11.5 Å². The van der Waals surface area contributed by atoms with Gasteiger partial charge in [-0.05, 0) is 12.1 Å². The molecule has 0 aromatic carbocycles. The van der Waals surface area contributed by atoms with E-state index in [2.05, 4.69) is 15.0 Å². The summed E-state index contributed by atoms with van der Waals surface area (Å²) in [6.07, 6.45) is 0. The summed E-state index contributed by atoms with van der Waals surface area (Å²) in [5.41, 5.74) is -1.02. The van der Waals surface area contributed by atoms with Crippen LogP contribution in [0, 0.1) is 0 Å². The lowest BCUT2D eigenvalue weighted by molar-refractivity contribution is 0.936. The molecular formula is C10H11ClN4O2. The van der Waals surface area contributed by atoms with Gasteiger partial charge < -0.3 is 0 Å². The summed E-state index contributed by atoms with van der Waals surface area (Å²) < 4.78 is 0. The maximum atomic E-state index is 11.0. The van der Waals surface area contributed by atoms with Gasteiger partial charge in [-0.25, -0.2) is 14.6 Å². The van der Waals surface area contributed by atoms with Gasteiger partial charge >= 0.3 is 11.4 Å². The maximum Gasteiger partial charge on any atom is 0.351 e. The van der Waals surface area contributed by atoms with Crippen molar-refractivity contribution in [2.24, 2.45) is 0 Å². The van der Waals surface area contributed by atoms with E-state index in [1.165, 1.54) is 0 Å². The van der Waals surface area contributed by atoms with Crippen molar-refractivity contribution in [2.75, 3.05) is 0 Å². The Hall–Kier alpha value is -1.95. The van der Waals surface area contributed by atoms with Crippen molar-refractivity contribution in [3.63, 3.8) is 0 Å². The Kier molecular flexibility index (Phi) is 4.59. The number of aromatic nitrogens is 4. The summed E-state index contributed by atoms with van der Waals surface area (Å²) in [6.45, 7) is 4.00. The minimum atomic E-state index is -0.726. The number of rotatable bonds is 1. The Labute approximate surface area is 102 Å². The van der Waals surface area contributed by atoms with E-state index in [1.807, 2.05) is 18.8 Å². The Balaban J connectivity index is 0.000000686. The van der Waals surface area contributed by atoms with Crippen LogP contribution in [0.2, 0.25) is 5.15 Å². The normalized spacial score (nSPS) is 9.35. The summed E-state index contributed by atoms with van der Waals surface area (Å²) in [6, 6.07) is 4.81. The van der Waals surface area contributed by atoms with Gasteiger partial charge in [0.15, 0.2) is 5.82 Å². The molecule has 0 atom stereocenters. The van der Waals surface area contributed by atoms with Gasteiger partial charge in [-0.3, -0.25) is 9.97 Å². The van der Waals surface area contributed by atoms with Gasteiger partial charge in [0.05, 0.1) is 0 Å². The SMILES string of the molecule is CC.O=c1nc(-c2cccc(Cl)n2)[nH]c(=O)[nH]1. The summed E-state index contributed by atoms with van der Waals surface area (Å²) in [5, 5.41) is 0.260. The molecule has 2 N–H and O–H groups in total. The van der Waals surface area contributed by atoms with Crippen LogP contribution in [-0.2, 0) is 0 Å². The molecule has 0 aliphatic carbocycles. The van der Waals surface area contributed by atoms with E-state index in [9.17, 15) is 9.59 Å². The number of pyridine rings is 1. The maximum absolute atomic E-state index is 11.0. The van der Waals surface area contributed by atoms with Crippen LogP contribution < -0.4 is 11.4 Å². The molecule has 0 aliphatic rings. The van der Waals surface area contributed by atoms with E-state index in [0.29, 0.717) is 5.69 Å². The third kappa shape index (κ3) is 3.53. The molecule has 0 unspecified atom stereocenters. The van der Waals surface area contributed by atoms with Crippen molar-refractivity contribution >= 4 is 11.6 Å². The van der Waals surface area contributed by atoms with Crippen LogP contribution in [0.25, 0.3) is 11.5 Å². The van der Waals surface area contributed by atoms with Gasteiger partial charge in [0, 0.05) is 0 Å². The van der Waals surface area contributed by atoms with Crippen molar-refractivity contribution in [2.45, 2.75) is 13.8 Å². The number of H-pyrrole nitrogens is 2. The molecule has 2 heterocycles. The standard InChI is InChI=1S/C8H5ClN4O2.C2H6/c9-5-3-1-2-4(10-5)6-11-7(14)13-8(15)12-6;1-2/h1-3H,(H2,11,12,13,14,15);1-2H3. The van der Waals surface area contributed by atoms with E-state index in [1.54, 1.807) is 18.2 Å². The molecule has 0 aliphatic heterocycles. The molecular weight excluding hydrogens is 244 g/mol. The Morgan fingerprint density at radius 2 is 1.82 bits per heavy atom. The monoisotopic (exact) mass is 254 g/mol. The zero-order valence-electron chi connectivity index (χ0n) is 9.32. The first-order valence-electron chi connectivity index (χ1n) is 4.99. The summed E-state index contributed by atoms with van der Waals surface area (Å²) in [4.78, 5) is 33.6. The largest absolute Gasteiger partial charge is 0.351 e. The highest BCUT2D eigenvalue weighted by Crippen LogP contribution is 2.11. The molecule has 2 aromatic heterocycles. The van der Waals surface area contributed by atoms with Gasteiger partial charge in [-0.2, -0.15) is 4.98 Å². The van der Waals surface area contributed by atoms with E-state index in [4.69, 9.17) is 11.6 Å². The van der Waals surface area contributed by atoms with Gasteiger partial charge in [-0.1, -0.05) is 31.5 Å². The van der Waals surface area contributed by atoms with E-state index in [0.717, 1.165) is 0 Å². The quantitative estimate of drug-likeness (QED) is 0.748. The first-order chi connectivity index (χ1) is 8.15. The topological polar surface area (TPSA) is 91.5 Å². The number of hydrogen-bond acceptors (Lipinski definition) is 4. The second-order valence-electron chi connectivity index (χ2n) is 2.69. The molecule has 6 nitrogen and oxygen atoms in total. The number of hydrogen-bond donors (Lipinski definition) is 2. The second kappa shape index (κ2) is 5.95. The molecule has 0 spiro atoms. The minimum Gasteiger partial charge on any atom is -0.290 e. The zero-order valence-corrected chi connectivity index (χ0v) is 10.1. The third-order valence-electron chi connectivity index (χ3n) is 1.62. The van der Waals surface area contributed by atoms with Crippen molar-refractivity contribution < 1.29 is 0 Å². The predicted molar refractivity (Wildman–Crippen MR) is 65.1 cm³/mol. The molecule has 0 amide bonds. The van der Waals surface area contributed by atoms with Gasteiger partial charge in [0.25, 0.3) is 0 Å². The van der Waals surface area contributed by atoms with Crippen LogP contribution in [0.5, 0.6) is 0 Å². The van der Waals surface area contributed by atoms with Crippen molar-refractivity contribution in [1.29, 1.82) is 0 Å². The number of halogens is 1. The molecule has 0 radical (unpaired) electrons. The first kappa shape index (κ1) is 13.1. The minimum absolute atomic E-state index is 0.0891. The van der Waals surface area contributed by atoms with E-state index >= 15 is 0 Å². The fourth-order valence-electron chi connectivity index (χ4n) is 1.05. The second-order valence-corrected chi connectivity index (χ2v) is 3.08. The highest BCUT2D eigenvalue weighted by Gasteiger charge is 2.03. The summed E-state index contributed by atoms with van der Waals surface area (Å²) in [5.74, 6) is 0.0891. The fraction of sp³-hybridized carbons (Fsp3) is 0.200. The Morgan fingerprint density at radius 1 is 1.12 bits per heavy atom. The summed E-state index contributed by atoms with van der Waals surface area (Å²) in [7, 11) is 0. The molecule has 0 saturated carbocycles. The van der Waals surface area contributed by atoms with Crippen molar-refractivity contribution in [1.82, 2.24) is 19.9 Å². The zero-order chi connectivity index (χ0) is 12.8. The molecule has 0 fully saturated rings. The number of aromatic amines is 2. The average molecular weight is 255 g/mol. The van der Waals surface area contributed by atoms with Crippen LogP contribution in [0.1, 0.15) is 13.8 Å². The lowest BCUT2D eigenvalue weighted by Crippen LogP contribution is -2.25. The van der Waals surface area contributed by atoms with Gasteiger partial charge in [-0.15, -0.1) is 0 Å². The van der Waals surface area contributed by atoms with Crippen LogP contribution in [0.3, 0.4) is 0 Å². The van der Waals surface area contributed by atoms with Crippen LogP contribution in [-0.4, -0.2) is 19.9 Å². The van der Waals surface area contributed by atoms with Crippen LogP contribution >= 0.6 is 11.6 Å². The highest BCUT2D eigenvalue weighted by atomic mass is 35.5. The van der Waals surface area contributed by atoms with E-state index < -0.39 is 11.4 Å². The molecule has 2 rings (SSSR count). The smallest absolute Gasteiger partial charge is 0.290 e. The van der Waals surface area contributed by atoms with Crippen molar-refractivity contribution in [3.05, 3.63) is 44.3 Å². The highest BCUT2D eigenvalue weighted by molar-refractivity contribution is 6.29.